The molecule has 0 saturated heterocycles. The summed E-state index contributed by atoms with van der Waals surface area (Å²) in [4.78, 5) is 29.8. The van der Waals surface area contributed by atoms with E-state index in [2.05, 4.69) is 15.7 Å². The molecule has 4 aliphatic rings. The number of benzene rings is 1. The summed E-state index contributed by atoms with van der Waals surface area (Å²) in [6.45, 7) is -0.193. The predicted octanol–water partition coefficient (Wildman–Crippen LogP) is 2.89. The third-order valence-electron chi connectivity index (χ3n) is 7.56. The van der Waals surface area contributed by atoms with Gasteiger partial charge in [0.15, 0.2) is 6.10 Å². The number of nitrogens with zero attached hydrogens (tertiary/aromatic N) is 2. The Kier molecular flexibility index (Phi) is 6.17. The first kappa shape index (κ1) is 21.6. The van der Waals surface area contributed by atoms with Crippen LogP contribution < -0.4 is 10.5 Å². The summed E-state index contributed by atoms with van der Waals surface area (Å²) in [5.41, 5.74) is 7.36. The van der Waals surface area contributed by atoms with Gasteiger partial charge in [-0.2, -0.15) is 0 Å². The van der Waals surface area contributed by atoms with Gasteiger partial charge in [-0.3, -0.25) is 0 Å². The van der Waals surface area contributed by atoms with Crippen LogP contribution in [-0.4, -0.2) is 36.0 Å². The Bertz CT molecular complexity index is 790. The van der Waals surface area contributed by atoms with E-state index in [0.29, 0.717) is 24.1 Å². The largest absolute Gasteiger partial charge is 0.491 e. The van der Waals surface area contributed by atoms with E-state index < -0.39 is 22.9 Å². The van der Waals surface area contributed by atoms with Crippen LogP contribution in [0.1, 0.15) is 44.1 Å². The van der Waals surface area contributed by atoms with Gasteiger partial charge in [-0.15, -0.1) is 20.2 Å². The van der Waals surface area contributed by atoms with Crippen LogP contribution in [0.25, 0.3) is 0 Å². The van der Waals surface area contributed by atoms with Gasteiger partial charge in [-0.1, -0.05) is 12.1 Å². The number of ether oxygens (including phenoxy) is 1. The topological polar surface area (TPSA) is 140 Å². The molecular weight excluding hydrogens is 406 g/mol. The third kappa shape index (κ3) is 4.39. The summed E-state index contributed by atoms with van der Waals surface area (Å²) in [5.74, 6) is 3.49. The minimum absolute atomic E-state index is 0.0486. The van der Waals surface area contributed by atoms with Crippen molar-refractivity contribution in [3.63, 3.8) is 0 Å². The molecule has 10 heteroatoms. The molecule has 1 aromatic rings. The fraction of sp³-hybridized carbons (Fsp3) is 0.714. The van der Waals surface area contributed by atoms with E-state index in [4.69, 9.17) is 10.5 Å². The summed E-state index contributed by atoms with van der Waals surface area (Å²) >= 11 is 0. The quantitative estimate of drug-likeness (QED) is 0.413. The second kappa shape index (κ2) is 8.86. The van der Waals surface area contributed by atoms with Gasteiger partial charge in [0.25, 0.3) is 10.2 Å². The Morgan fingerprint density at radius 1 is 1.03 bits per heavy atom. The van der Waals surface area contributed by atoms with Crippen LogP contribution in [0.2, 0.25) is 0 Å². The van der Waals surface area contributed by atoms with Crippen molar-refractivity contribution < 1.29 is 24.6 Å². The van der Waals surface area contributed by atoms with Crippen LogP contribution in [0.5, 0.6) is 5.75 Å². The lowest BCUT2D eigenvalue weighted by atomic mass is 9.43. The monoisotopic (exact) mass is 435 g/mol. The summed E-state index contributed by atoms with van der Waals surface area (Å²) in [6, 6.07) is 7.87. The fourth-order valence-corrected chi connectivity index (χ4v) is 6.73. The highest BCUT2D eigenvalue weighted by molar-refractivity contribution is 5.37. The van der Waals surface area contributed by atoms with Crippen molar-refractivity contribution in [2.45, 2.75) is 50.0 Å². The normalized spacial score (nSPS) is 31.8. The smallest absolute Gasteiger partial charge is 0.294 e. The SMILES string of the molecule is NCCC1(c2cccc(OCC(CO[N+](=O)[O-])O[N+](=O)[O-])c2)C2CC3CC(C2)CC1C3. The first-order valence-electron chi connectivity index (χ1n) is 10.9. The van der Waals surface area contributed by atoms with Gasteiger partial charge in [-0.05, 0) is 86.4 Å². The molecule has 1 atom stereocenters. The zero-order valence-electron chi connectivity index (χ0n) is 17.4. The standard InChI is InChI=1S/C21H29N3O7/c22-5-4-21(17-7-14-6-15(9-17)10-18(21)8-14)16-2-1-3-19(11-16)29-12-20(31-24(27)28)13-30-23(25)26/h1-3,11,14-15,17-18,20H,4-10,12-13,22H2. The number of hydrogen-bond acceptors (Lipinski definition) is 8. The maximum atomic E-state index is 10.7. The molecule has 170 valence electrons. The van der Waals surface area contributed by atoms with E-state index in [9.17, 15) is 20.2 Å². The highest BCUT2D eigenvalue weighted by Crippen LogP contribution is 2.64. The Balaban J connectivity index is 1.51. The lowest BCUT2D eigenvalue weighted by molar-refractivity contribution is -0.790. The van der Waals surface area contributed by atoms with Crippen LogP contribution in [0.15, 0.2) is 24.3 Å². The predicted molar refractivity (Wildman–Crippen MR) is 109 cm³/mol. The second-order valence-corrected chi connectivity index (χ2v) is 9.19. The molecule has 4 bridgehead atoms. The molecule has 10 nitrogen and oxygen atoms in total. The first-order chi connectivity index (χ1) is 14.9. The number of nitrogens with two attached hydrogens (primary N) is 1. The molecule has 0 amide bonds. The molecule has 0 aliphatic heterocycles. The molecule has 0 radical (unpaired) electrons. The summed E-state index contributed by atoms with van der Waals surface area (Å²) in [6.07, 6.45) is 6.14. The van der Waals surface area contributed by atoms with Gasteiger partial charge < -0.3 is 20.1 Å². The van der Waals surface area contributed by atoms with Crippen molar-refractivity contribution in [2.24, 2.45) is 29.4 Å². The van der Waals surface area contributed by atoms with Gasteiger partial charge >= 0.3 is 0 Å². The van der Waals surface area contributed by atoms with Gasteiger partial charge in [0.05, 0.1) is 0 Å². The number of hydrogen-bond donors (Lipinski definition) is 1. The Morgan fingerprint density at radius 2 is 1.71 bits per heavy atom. The third-order valence-corrected chi connectivity index (χ3v) is 7.56. The molecule has 31 heavy (non-hydrogen) atoms. The average molecular weight is 435 g/mol. The van der Waals surface area contributed by atoms with Crippen molar-refractivity contribution in [3.8, 4) is 5.75 Å². The van der Waals surface area contributed by atoms with E-state index in [-0.39, 0.29) is 12.0 Å². The van der Waals surface area contributed by atoms with Crippen LogP contribution >= 0.6 is 0 Å². The molecule has 4 saturated carbocycles. The molecule has 1 unspecified atom stereocenters. The first-order valence-corrected chi connectivity index (χ1v) is 10.9. The van der Waals surface area contributed by atoms with Crippen molar-refractivity contribution in [3.05, 3.63) is 50.1 Å². The van der Waals surface area contributed by atoms with Crippen molar-refractivity contribution >= 4 is 0 Å². The van der Waals surface area contributed by atoms with Crippen LogP contribution in [0.3, 0.4) is 0 Å². The molecule has 2 N–H and O–H groups in total. The highest BCUT2D eigenvalue weighted by Gasteiger charge is 2.57. The molecular formula is C21H29N3O7. The van der Waals surface area contributed by atoms with E-state index in [1.807, 2.05) is 12.1 Å². The van der Waals surface area contributed by atoms with Crippen molar-refractivity contribution in [2.75, 3.05) is 19.8 Å². The maximum Gasteiger partial charge on any atom is 0.294 e. The molecule has 0 spiro atoms. The zero-order chi connectivity index (χ0) is 22.0. The average Bonchev–Trinajstić information content (AvgIpc) is 2.72. The summed E-state index contributed by atoms with van der Waals surface area (Å²) < 4.78 is 5.74. The minimum atomic E-state index is -1.21. The second-order valence-electron chi connectivity index (χ2n) is 9.19. The maximum absolute atomic E-state index is 10.7. The molecule has 4 fully saturated rings. The lowest BCUT2D eigenvalue weighted by Gasteiger charge is -2.62. The summed E-state index contributed by atoms with van der Waals surface area (Å²) in [7, 11) is 0. The molecule has 0 aromatic heterocycles. The summed E-state index contributed by atoms with van der Waals surface area (Å²) in [5, 5.41) is 19.1. The Hall–Kier alpha value is -2.62. The molecule has 0 heterocycles. The van der Waals surface area contributed by atoms with Crippen molar-refractivity contribution in [1.82, 2.24) is 0 Å². The van der Waals surface area contributed by atoms with E-state index >= 15 is 0 Å². The van der Waals surface area contributed by atoms with Gasteiger partial charge in [-0.25, -0.2) is 0 Å². The van der Waals surface area contributed by atoms with Crippen LogP contribution in [0.4, 0.5) is 0 Å². The lowest BCUT2D eigenvalue weighted by Crippen LogP contribution is -2.56. The Labute approximate surface area is 180 Å². The number of rotatable bonds is 11. The van der Waals surface area contributed by atoms with E-state index in [1.54, 1.807) is 6.07 Å². The molecule has 1 aromatic carbocycles. The Morgan fingerprint density at radius 3 is 2.29 bits per heavy atom. The van der Waals surface area contributed by atoms with Gasteiger partial charge in [0, 0.05) is 5.41 Å². The molecule has 5 rings (SSSR count). The minimum Gasteiger partial charge on any atom is -0.491 e. The van der Waals surface area contributed by atoms with E-state index in [0.717, 1.165) is 18.3 Å². The fourth-order valence-electron chi connectivity index (χ4n) is 6.73. The van der Waals surface area contributed by atoms with Gasteiger partial charge in [0.1, 0.15) is 19.0 Å². The molecule has 4 aliphatic carbocycles. The van der Waals surface area contributed by atoms with Crippen molar-refractivity contribution in [1.29, 1.82) is 0 Å². The highest BCUT2D eigenvalue weighted by atomic mass is 17.0. The zero-order valence-corrected chi connectivity index (χ0v) is 17.4. The van der Waals surface area contributed by atoms with Crippen LogP contribution in [-0.2, 0) is 15.1 Å². The van der Waals surface area contributed by atoms with Crippen LogP contribution in [0, 0.1) is 43.9 Å². The van der Waals surface area contributed by atoms with Gasteiger partial charge in [0.2, 0.25) is 0 Å². The van der Waals surface area contributed by atoms with E-state index in [1.165, 1.54) is 37.7 Å².